The number of benzene rings is 9. The highest BCUT2D eigenvalue weighted by Crippen LogP contribution is 2.59. The molecule has 72 heavy (non-hydrogen) atoms. The molecule has 1 unspecified atom stereocenters. The molecule has 2 heteroatoms. The summed E-state index contributed by atoms with van der Waals surface area (Å²) in [4.78, 5) is 2.49. The Balaban J connectivity index is 1.11. The number of rotatable bonds is 6. The van der Waals surface area contributed by atoms with E-state index in [0.717, 1.165) is 50.1 Å². The zero-order valence-electron chi connectivity index (χ0n) is 43.8. The summed E-state index contributed by atoms with van der Waals surface area (Å²) in [7, 11) is 0. The third-order valence-corrected chi connectivity index (χ3v) is 16.2. The van der Waals surface area contributed by atoms with Crippen LogP contribution in [-0.2, 0) is 27.1 Å². The van der Waals surface area contributed by atoms with Gasteiger partial charge in [-0.05, 0) is 143 Å². The van der Waals surface area contributed by atoms with Gasteiger partial charge in [-0.3, -0.25) is 0 Å². The molecule has 1 aromatic heterocycles. The number of fused-ring (bicyclic) bond motifs is 9. The van der Waals surface area contributed by atoms with Gasteiger partial charge in [-0.15, -0.1) is 0 Å². The standard InChI is InChI=1S/C70H65NO/c1-66(2,3)45-30-32-47(33-31-45)70(46-20-13-12-14-21-46)59-39-37-49(40-56(59)57-42-62(67(4,5)6)63(43-61(57)70)68(7,8)9)71(50-36-38-53-52-22-15-17-26-58(52)69(10,11)60(53)41-50)48-34-28-44(29-35-48)51-24-19-25-55-54-23-16-18-27-64(54)72-65(51)55/h12-43H,1-11H3. The van der Waals surface area contributed by atoms with Crippen molar-refractivity contribution in [3.63, 3.8) is 0 Å². The average molecular weight is 936 g/mol. The van der Waals surface area contributed by atoms with Crippen LogP contribution in [0.2, 0.25) is 0 Å². The summed E-state index contributed by atoms with van der Waals surface area (Å²) in [6.45, 7) is 25.9. The molecular formula is C70H65NO. The first-order chi connectivity index (χ1) is 34.3. The molecule has 0 spiro atoms. The van der Waals surface area contributed by atoms with E-state index < -0.39 is 5.41 Å². The van der Waals surface area contributed by atoms with Crippen LogP contribution in [0.5, 0.6) is 0 Å². The molecule has 10 aromatic rings. The van der Waals surface area contributed by atoms with Gasteiger partial charge in [-0.2, -0.15) is 0 Å². The van der Waals surface area contributed by atoms with Crippen LogP contribution in [0.3, 0.4) is 0 Å². The van der Waals surface area contributed by atoms with Crippen LogP contribution in [0, 0.1) is 0 Å². The molecular weight excluding hydrogens is 871 g/mol. The van der Waals surface area contributed by atoms with Gasteiger partial charge in [0.2, 0.25) is 0 Å². The molecule has 0 saturated carbocycles. The molecule has 2 nitrogen and oxygen atoms in total. The van der Waals surface area contributed by atoms with Crippen molar-refractivity contribution in [3.8, 4) is 33.4 Å². The first-order valence-corrected chi connectivity index (χ1v) is 25.9. The maximum atomic E-state index is 6.56. The van der Waals surface area contributed by atoms with Crippen LogP contribution >= 0.6 is 0 Å². The minimum absolute atomic E-state index is 0.0256. The Morgan fingerprint density at radius 1 is 0.375 bits per heavy atom. The minimum Gasteiger partial charge on any atom is -0.455 e. The Kier molecular flexibility index (Phi) is 10.2. The van der Waals surface area contributed by atoms with E-state index in [1.54, 1.807) is 0 Å². The lowest BCUT2D eigenvalue weighted by molar-refractivity contribution is 0.529. The van der Waals surface area contributed by atoms with E-state index in [1.807, 2.05) is 6.07 Å². The molecule has 0 bridgehead atoms. The summed E-state index contributed by atoms with van der Waals surface area (Å²) >= 11 is 0. The van der Waals surface area contributed by atoms with Gasteiger partial charge < -0.3 is 9.32 Å². The van der Waals surface area contributed by atoms with E-state index >= 15 is 0 Å². The van der Waals surface area contributed by atoms with Gasteiger partial charge in [0.25, 0.3) is 0 Å². The van der Waals surface area contributed by atoms with Crippen LogP contribution in [-0.4, -0.2) is 0 Å². The first kappa shape index (κ1) is 45.7. The summed E-state index contributed by atoms with van der Waals surface area (Å²) < 4.78 is 6.56. The Morgan fingerprint density at radius 3 is 1.67 bits per heavy atom. The fourth-order valence-corrected chi connectivity index (χ4v) is 12.5. The second-order valence-corrected chi connectivity index (χ2v) is 24.2. The lowest BCUT2D eigenvalue weighted by Gasteiger charge is -2.37. The van der Waals surface area contributed by atoms with Crippen LogP contribution in [0.1, 0.15) is 126 Å². The normalized spacial score (nSPS) is 15.9. The van der Waals surface area contributed by atoms with Gasteiger partial charge in [0.05, 0.1) is 5.41 Å². The summed E-state index contributed by atoms with van der Waals surface area (Å²) in [6.07, 6.45) is 0. The number of anilines is 3. The van der Waals surface area contributed by atoms with Crippen molar-refractivity contribution in [1.29, 1.82) is 0 Å². The van der Waals surface area contributed by atoms with Crippen molar-refractivity contribution in [1.82, 2.24) is 0 Å². The third kappa shape index (κ3) is 6.97. The van der Waals surface area contributed by atoms with E-state index in [0.29, 0.717) is 0 Å². The molecule has 0 N–H and O–H groups in total. The molecule has 1 heterocycles. The lowest BCUT2D eigenvalue weighted by atomic mass is 9.65. The summed E-state index contributed by atoms with van der Waals surface area (Å²) in [5.74, 6) is 0. The molecule has 0 saturated heterocycles. The maximum Gasteiger partial charge on any atom is 0.143 e. The van der Waals surface area contributed by atoms with Gasteiger partial charge in [0.15, 0.2) is 0 Å². The van der Waals surface area contributed by atoms with E-state index in [9.17, 15) is 0 Å². The molecule has 12 rings (SSSR count). The fraction of sp³-hybridized carbons (Fsp3) is 0.229. The second kappa shape index (κ2) is 16.0. The molecule has 2 aliphatic rings. The smallest absolute Gasteiger partial charge is 0.143 e. The number of nitrogens with zero attached hydrogens (tertiary/aromatic N) is 1. The average Bonchev–Trinajstić information content (AvgIpc) is 3.97. The highest BCUT2D eigenvalue weighted by molar-refractivity contribution is 6.09. The quantitative estimate of drug-likeness (QED) is 0.165. The highest BCUT2D eigenvalue weighted by atomic mass is 16.3. The van der Waals surface area contributed by atoms with Crippen molar-refractivity contribution in [2.24, 2.45) is 0 Å². The summed E-state index contributed by atoms with van der Waals surface area (Å²) in [6, 6.07) is 73.4. The van der Waals surface area contributed by atoms with E-state index in [1.165, 1.54) is 72.3 Å². The molecule has 0 aliphatic heterocycles. The van der Waals surface area contributed by atoms with Crippen LogP contribution < -0.4 is 4.90 Å². The van der Waals surface area contributed by atoms with Crippen molar-refractivity contribution < 1.29 is 4.42 Å². The summed E-state index contributed by atoms with van der Waals surface area (Å²) in [5.41, 5.74) is 23.7. The van der Waals surface area contributed by atoms with Crippen molar-refractivity contribution >= 4 is 39.0 Å². The largest absolute Gasteiger partial charge is 0.455 e. The number of hydrogen-bond donors (Lipinski definition) is 0. The molecule has 0 radical (unpaired) electrons. The van der Waals surface area contributed by atoms with Gasteiger partial charge in [-0.25, -0.2) is 0 Å². The Bertz CT molecular complexity index is 3750. The van der Waals surface area contributed by atoms with Crippen LogP contribution in [0.4, 0.5) is 17.1 Å². The van der Waals surface area contributed by atoms with Gasteiger partial charge in [-0.1, -0.05) is 222 Å². The molecule has 9 aromatic carbocycles. The summed E-state index contributed by atoms with van der Waals surface area (Å²) in [5, 5.41) is 2.27. The zero-order valence-corrected chi connectivity index (χ0v) is 43.8. The van der Waals surface area contributed by atoms with Crippen LogP contribution in [0.25, 0.3) is 55.3 Å². The van der Waals surface area contributed by atoms with Gasteiger partial charge in [0.1, 0.15) is 11.2 Å². The molecule has 0 fully saturated rings. The van der Waals surface area contributed by atoms with Crippen molar-refractivity contribution in [2.45, 2.75) is 103 Å². The predicted octanol–water partition coefficient (Wildman–Crippen LogP) is 19.3. The van der Waals surface area contributed by atoms with Crippen LogP contribution in [0.15, 0.2) is 199 Å². The monoisotopic (exact) mass is 936 g/mol. The van der Waals surface area contributed by atoms with E-state index in [2.05, 4.69) is 269 Å². The SMILES string of the molecule is CC(C)(C)c1ccc(C2(c3ccccc3)c3ccc(N(c4ccc(-c5cccc6c5oc5ccccc56)cc4)c4ccc5c(c4)C(C)(C)c4ccccc4-5)cc3-c3cc(C(C)(C)C)c(C(C)(C)C)cc32)cc1. The predicted molar refractivity (Wildman–Crippen MR) is 305 cm³/mol. The fourth-order valence-electron chi connectivity index (χ4n) is 12.5. The van der Waals surface area contributed by atoms with Gasteiger partial charge in [0, 0.05) is 38.8 Å². The van der Waals surface area contributed by atoms with Gasteiger partial charge >= 0.3 is 0 Å². The molecule has 356 valence electrons. The second-order valence-electron chi connectivity index (χ2n) is 24.2. The van der Waals surface area contributed by atoms with Crippen molar-refractivity contribution in [2.75, 3.05) is 4.90 Å². The molecule has 0 amide bonds. The minimum atomic E-state index is -0.565. The first-order valence-electron chi connectivity index (χ1n) is 25.9. The third-order valence-electron chi connectivity index (χ3n) is 16.2. The molecule has 2 aliphatic carbocycles. The zero-order chi connectivity index (χ0) is 50.1. The highest BCUT2D eigenvalue weighted by Gasteiger charge is 2.48. The topological polar surface area (TPSA) is 16.4 Å². The van der Waals surface area contributed by atoms with Crippen molar-refractivity contribution in [3.05, 3.63) is 244 Å². The number of para-hydroxylation sites is 2. The Hall–Kier alpha value is -7.42. The number of hydrogen-bond acceptors (Lipinski definition) is 2. The number of furan rings is 1. The Labute approximate surface area is 427 Å². The maximum absolute atomic E-state index is 6.56. The molecule has 1 atom stereocenters. The Morgan fingerprint density at radius 2 is 0.944 bits per heavy atom. The van der Waals surface area contributed by atoms with E-state index in [4.69, 9.17) is 4.42 Å². The van der Waals surface area contributed by atoms with E-state index in [-0.39, 0.29) is 21.7 Å². The lowest BCUT2D eigenvalue weighted by Crippen LogP contribution is -2.30.